The number of nitrogens with zero attached hydrogens (tertiary/aromatic N) is 4. The van der Waals surface area contributed by atoms with E-state index >= 15 is 0 Å². The first kappa shape index (κ1) is 16.4. The van der Waals surface area contributed by atoms with Gasteiger partial charge in [-0.05, 0) is 39.2 Å². The van der Waals surface area contributed by atoms with Crippen molar-refractivity contribution in [3.8, 4) is 0 Å². The van der Waals surface area contributed by atoms with Gasteiger partial charge >= 0.3 is 0 Å². The van der Waals surface area contributed by atoms with Crippen LogP contribution in [0.1, 0.15) is 57.3 Å². The number of aromatic nitrogens is 2. The SMILES string of the molecule is COC(C)c1noc(CN2CCCC2CN(C(C)=O)C2CC2)n1. The Morgan fingerprint density at radius 1 is 1.48 bits per heavy atom. The minimum atomic E-state index is -0.162. The van der Waals surface area contributed by atoms with E-state index in [4.69, 9.17) is 9.26 Å². The highest BCUT2D eigenvalue weighted by Gasteiger charge is 2.35. The molecular weight excluding hydrogens is 296 g/mol. The Morgan fingerprint density at radius 2 is 2.26 bits per heavy atom. The summed E-state index contributed by atoms with van der Waals surface area (Å²) >= 11 is 0. The maximum absolute atomic E-state index is 11.8. The Balaban J connectivity index is 1.60. The molecular formula is C16H26N4O3. The van der Waals surface area contributed by atoms with Crippen LogP contribution in [0.5, 0.6) is 0 Å². The maximum atomic E-state index is 11.8. The van der Waals surface area contributed by atoms with Gasteiger partial charge < -0.3 is 14.2 Å². The van der Waals surface area contributed by atoms with Gasteiger partial charge in [-0.1, -0.05) is 5.16 Å². The second-order valence-corrected chi connectivity index (χ2v) is 6.59. The fraction of sp³-hybridized carbons (Fsp3) is 0.812. The lowest BCUT2D eigenvalue weighted by molar-refractivity contribution is -0.130. The van der Waals surface area contributed by atoms with Crippen LogP contribution in [0.2, 0.25) is 0 Å². The lowest BCUT2D eigenvalue weighted by Gasteiger charge is -2.29. The predicted octanol–water partition coefficient (Wildman–Crippen LogP) is 1.75. The first-order chi connectivity index (χ1) is 11.1. The molecule has 23 heavy (non-hydrogen) atoms. The van der Waals surface area contributed by atoms with Crippen molar-refractivity contribution in [1.29, 1.82) is 0 Å². The van der Waals surface area contributed by atoms with Crippen LogP contribution in [0, 0.1) is 0 Å². The molecule has 0 radical (unpaired) electrons. The summed E-state index contributed by atoms with van der Waals surface area (Å²) < 4.78 is 10.6. The number of carbonyl (C=O) groups is 1. The number of likely N-dealkylation sites (tertiary alicyclic amines) is 1. The van der Waals surface area contributed by atoms with Gasteiger partial charge in [0, 0.05) is 32.7 Å². The molecule has 3 rings (SSSR count). The topological polar surface area (TPSA) is 71.7 Å². The van der Waals surface area contributed by atoms with E-state index in [1.54, 1.807) is 14.0 Å². The first-order valence-corrected chi connectivity index (χ1v) is 8.45. The zero-order valence-electron chi connectivity index (χ0n) is 14.2. The zero-order chi connectivity index (χ0) is 16.4. The van der Waals surface area contributed by atoms with Crippen LogP contribution >= 0.6 is 0 Å². The molecule has 2 fully saturated rings. The summed E-state index contributed by atoms with van der Waals surface area (Å²) in [5, 5.41) is 3.98. The summed E-state index contributed by atoms with van der Waals surface area (Å²) in [6.07, 6.45) is 4.40. The molecule has 0 N–H and O–H groups in total. The molecule has 1 saturated heterocycles. The lowest BCUT2D eigenvalue weighted by atomic mass is 10.2. The third kappa shape index (κ3) is 3.90. The molecule has 2 atom stereocenters. The summed E-state index contributed by atoms with van der Waals surface area (Å²) in [6, 6.07) is 0.849. The van der Waals surface area contributed by atoms with Gasteiger partial charge in [-0.2, -0.15) is 4.98 Å². The Kier molecular flexibility index (Phi) is 4.96. The number of rotatable bonds is 7. The van der Waals surface area contributed by atoms with Crippen molar-refractivity contribution in [2.45, 2.75) is 64.3 Å². The summed E-state index contributed by atoms with van der Waals surface area (Å²) in [6.45, 7) is 6.04. The zero-order valence-corrected chi connectivity index (χ0v) is 14.2. The van der Waals surface area contributed by atoms with Crippen molar-refractivity contribution in [2.24, 2.45) is 0 Å². The van der Waals surface area contributed by atoms with Gasteiger partial charge in [-0.15, -0.1) is 0 Å². The van der Waals surface area contributed by atoms with Crippen LogP contribution in [0.25, 0.3) is 0 Å². The smallest absolute Gasteiger partial charge is 0.240 e. The molecule has 0 bridgehead atoms. The van der Waals surface area contributed by atoms with Crippen molar-refractivity contribution in [1.82, 2.24) is 19.9 Å². The fourth-order valence-electron chi connectivity index (χ4n) is 3.23. The molecule has 1 amide bonds. The largest absolute Gasteiger partial charge is 0.374 e. The van der Waals surface area contributed by atoms with Crippen LogP contribution in [0.15, 0.2) is 4.52 Å². The standard InChI is InChI=1S/C16H26N4O3/c1-11(22-3)16-17-15(23-18-16)10-19-8-4-5-14(19)9-20(12(2)21)13-6-7-13/h11,13-14H,4-10H2,1-3H3. The summed E-state index contributed by atoms with van der Waals surface area (Å²) in [5.74, 6) is 1.39. The minimum Gasteiger partial charge on any atom is -0.374 e. The molecule has 0 spiro atoms. The van der Waals surface area contributed by atoms with Crippen molar-refractivity contribution in [3.63, 3.8) is 0 Å². The highest BCUT2D eigenvalue weighted by Crippen LogP contribution is 2.29. The first-order valence-electron chi connectivity index (χ1n) is 8.45. The third-order valence-electron chi connectivity index (χ3n) is 4.84. The van der Waals surface area contributed by atoms with Gasteiger partial charge in [0.15, 0.2) is 5.82 Å². The normalized spacial score (nSPS) is 23.2. The molecule has 7 heteroatoms. The van der Waals surface area contributed by atoms with Crippen LogP contribution in [0.3, 0.4) is 0 Å². The third-order valence-corrected chi connectivity index (χ3v) is 4.84. The average Bonchev–Trinajstić information content (AvgIpc) is 3.10. The van der Waals surface area contributed by atoms with Gasteiger partial charge in [0.1, 0.15) is 6.10 Å². The van der Waals surface area contributed by atoms with Crippen LogP contribution in [-0.4, -0.2) is 58.1 Å². The maximum Gasteiger partial charge on any atom is 0.240 e. The lowest BCUT2D eigenvalue weighted by Crippen LogP contribution is -2.43. The Labute approximate surface area is 137 Å². The Hall–Kier alpha value is -1.47. The minimum absolute atomic E-state index is 0.162. The second-order valence-electron chi connectivity index (χ2n) is 6.59. The van der Waals surface area contributed by atoms with Crippen molar-refractivity contribution in [2.75, 3.05) is 20.2 Å². The second kappa shape index (κ2) is 6.97. The van der Waals surface area contributed by atoms with Crippen molar-refractivity contribution in [3.05, 3.63) is 11.7 Å². The average molecular weight is 322 g/mol. The summed E-state index contributed by atoms with van der Waals surface area (Å²) in [4.78, 5) is 20.6. The van der Waals surface area contributed by atoms with Gasteiger partial charge in [-0.3, -0.25) is 9.69 Å². The Bertz CT molecular complexity index is 543. The van der Waals surface area contributed by atoms with Gasteiger partial charge in [-0.25, -0.2) is 0 Å². The number of hydrogen-bond acceptors (Lipinski definition) is 6. The molecule has 1 aromatic rings. The molecule has 7 nitrogen and oxygen atoms in total. The van der Waals surface area contributed by atoms with Gasteiger partial charge in [0.25, 0.3) is 0 Å². The van der Waals surface area contributed by atoms with Crippen molar-refractivity contribution < 1.29 is 14.1 Å². The molecule has 0 aromatic carbocycles. The van der Waals surface area contributed by atoms with Crippen molar-refractivity contribution >= 4 is 5.91 Å². The predicted molar refractivity (Wildman–Crippen MR) is 83.6 cm³/mol. The van der Waals surface area contributed by atoms with E-state index in [0.717, 1.165) is 38.8 Å². The van der Waals surface area contributed by atoms with Crippen LogP contribution in [-0.2, 0) is 16.1 Å². The highest BCUT2D eigenvalue weighted by molar-refractivity contribution is 5.74. The number of ether oxygens (including phenoxy) is 1. The van der Waals surface area contributed by atoms with E-state index in [2.05, 4.69) is 15.0 Å². The number of amides is 1. The molecule has 1 saturated carbocycles. The highest BCUT2D eigenvalue weighted by atomic mass is 16.5. The molecule has 128 valence electrons. The monoisotopic (exact) mass is 322 g/mol. The summed E-state index contributed by atoms with van der Waals surface area (Å²) in [5.41, 5.74) is 0. The van der Waals surface area contributed by atoms with Gasteiger partial charge in [0.05, 0.1) is 6.54 Å². The molecule has 1 aliphatic carbocycles. The molecule has 2 heterocycles. The molecule has 1 aromatic heterocycles. The number of carbonyl (C=O) groups excluding carboxylic acids is 1. The van der Waals surface area contributed by atoms with Gasteiger partial charge in [0.2, 0.25) is 11.8 Å². The summed E-state index contributed by atoms with van der Waals surface area (Å²) in [7, 11) is 1.63. The van der Waals surface area contributed by atoms with E-state index in [1.165, 1.54) is 0 Å². The molecule has 2 aliphatic rings. The molecule has 1 aliphatic heterocycles. The van der Waals surface area contributed by atoms with E-state index in [0.29, 0.717) is 30.3 Å². The van der Waals surface area contributed by atoms with E-state index in [1.807, 2.05) is 11.8 Å². The fourth-order valence-corrected chi connectivity index (χ4v) is 3.23. The number of methoxy groups -OCH3 is 1. The quantitative estimate of drug-likeness (QED) is 0.761. The van der Waals surface area contributed by atoms with E-state index in [-0.39, 0.29) is 12.0 Å². The van der Waals surface area contributed by atoms with Crippen LogP contribution in [0.4, 0.5) is 0 Å². The Morgan fingerprint density at radius 3 is 2.91 bits per heavy atom. The van der Waals surface area contributed by atoms with Crippen LogP contribution < -0.4 is 0 Å². The van der Waals surface area contributed by atoms with E-state index in [9.17, 15) is 4.79 Å². The van der Waals surface area contributed by atoms with E-state index < -0.39 is 0 Å². The molecule has 2 unspecified atom stereocenters. The number of hydrogen-bond donors (Lipinski definition) is 0.